The molecule has 0 aromatic heterocycles. The number of rotatable bonds is 6. The lowest BCUT2D eigenvalue weighted by atomic mass is 9.83. The van der Waals surface area contributed by atoms with Gasteiger partial charge in [-0.05, 0) is 36.8 Å². The quantitative estimate of drug-likeness (QED) is 0.712. The number of halogens is 2. The molecular weight excluding hydrogens is 286 g/mol. The number of unbranched alkanes of at least 4 members (excludes halogenated alkanes) is 2. The Balaban J connectivity index is 2.10. The molecule has 22 heavy (non-hydrogen) atoms. The van der Waals surface area contributed by atoms with Crippen molar-refractivity contribution >= 4 is 11.5 Å². The first-order valence-electron chi connectivity index (χ1n) is 7.95. The molecular formula is C18H22F2O2. The monoisotopic (exact) mass is 308 g/mol. The third-order valence-electron chi connectivity index (χ3n) is 4.39. The van der Waals surface area contributed by atoms with E-state index < -0.39 is 23.2 Å². The first-order valence-corrected chi connectivity index (χ1v) is 7.95. The highest BCUT2D eigenvalue weighted by Crippen LogP contribution is 2.34. The van der Waals surface area contributed by atoms with E-state index in [-0.39, 0.29) is 5.56 Å². The molecule has 0 radical (unpaired) electrons. The first-order chi connectivity index (χ1) is 10.5. The Labute approximate surface area is 129 Å². The van der Waals surface area contributed by atoms with Crippen molar-refractivity contribution < 1.29 is 18.7 Å². The zero-order valence-corrected chi connectivity index (χ0v) is 12.9. The Morgan fingerprint density at radius 2 is 2.05 bits per heavy atom. The van der Waals surface area contributed by atoms with Gasteiger partial charge in [0.25, 0.3) is 0 Å². The molecule has 1 aliphatic carbocycles. The maximum atomic E-state index is 14.1. The van der Waals surface area contributed by atoms with Gasteiger partial charge >= 0.3 is 5.97 Å². The third kappa shape index (κ3) is 3.73. The molecule has 4 heteroatoms. The summed E-state index contributed by atoms with van der Waals surface area (Å²) in [6.07, 6.45) is 9.43. The molecule has 0 fully saturated rings. The van der Waals surface area contributed by atoms with E-state index in [0.717, 1.165) is 30.9 Å². The zero-order valence-electron chi connectivity index (χ0n) is 12.9. The minimum absolute atomic E-state index is 0.203. The second-order valence-corrected chi connectivity index (χ2v) is 5.96. The Morgan fingerprint density at radius 1 is 1.27 bits per heavy atom. The highest BCUT2D eigenvalue weighted by Gasteiger charge is 2.22. The fraction of sp³-hybridized carbons (Fsp3) is 0.500. The van der Waals surface area contributed by atoms with Crippen molar-refractivity contribution in [2.24, 2.45) is 5.92 Å². The van der Waals surface area contributed by atoms with Gasteiger partial charge in [-0.25, -0.2) is 13.6 Å². The number of carboxylic acids is 1. The van der Waals surface area contributed by atoms with Crippen molar-refractivity contribution in [1.82, 2.24) is 0 Å². The number of carboxylic acid groups (broad SMARTS) is 1. The van der Waals surface area contributed by atoms with Crippen LogP contribution in [0.15, 0.2) is 18.2 Å². The van der Waals surface area contributed by atoms with Gasteiger partial charge in [0, 0.05) is 5.56 Å². The van der Waals surface area contributed by atoms with Crippen molar-refractivity contribution in [1.29, 1.82) is 0 Å². The molecule has 1 aromatic carbocycles. The molecule has 1 N–H and O–H groups in total. The molecule has 1 atom stereocenters. The SMILES string of the molecule is CCCCCC1CC=C(c2ccc(C(=O)O)c(F)c2F)CC1. The summed E-state index contributed by atoms with van der Waals surface area (Å²) in [5.41, 5.74) is 0.379. The van der Waals surface area contributed by atoms with E-state index in [2.05, 4.69) is 6.92 Å². The topological polar surface area (TPSA) is 37.3 Å². The molecule has 2 rings (SSSR count). The molecule has 0 amide bonds. The standard InChI is InChI=1S/C18H22F2O2/c1-2-3-4-5-12-6-8-13(9-7-12)14-10-11-15(18(21)22)17(20)16(14)19/h8,10-12H,2-7,9H2,1H3,(H,21,22). The summed E-state index contributed by atoms with van der Waals surface area (Å²) in [4.78, 5) is 10.8. The number of allylic oxidation sites excluding steroid dienone is 2. The van der Waals surface area contributed by atoms with Crippen LogP contribution < -0.4 is 0 Å². The van der Waals surface area contributed by atoms with Gasteiger partial charge in [0.2, 0.25) is 0 Å². The summed E-state index contributed by atoms with van der Waals surface area (Å²) in [6.45, 7) is 2.18. The van der Waals surface area contributed by atoms with Gasteiger partial charge in [-0.1, -0.05) is 44.7 Å². The van der Waals surface area contributed by atoms with Gasteiger partial charge in [-0.3, -0.25) is 0 Å². The molecule has 1 aliphatic rings. The molecule has 0 bridgehead atoms. The average molecular weight is 308 g/mol. The lowest BCUT2D eigenvalue weighted by molar-refractivity contribution is 0.0690. The Kier molecular flexibility index (Phi) is 5.69. The smallest absolute Gasteiger partial charge is 0.338 e. The van der Waals surface area contributed by atoms with Crippen LogP contribution >= 0.6 is 0 Å². The zero-order chi connectivity index (χ0) is 16.1. The molecule has 0 saturated heterocycles. The lowest BCUT2D eigenvalue weighted by Crippen LogP contribution is -2.09. The fourth-order valence-electron chi connectivity index (χ4n) is 3.04. The summed E-state index contributed by atoms with van der Waals surface area (Å²) >= 11 is 0. The molecule has 0 saturated carbocycles. The molecule has 120 valence electrons. The predicted octanol–water partition coefficient (Wildman–Crippen LogP) is 5.43. The third-order valence-corrected chi connectivity index (χ3v) is 4.39. The van der Waals surface area contributed by atoms with Crippen LogP contribution in [-0.2, 0) is 0 Å². The molecule has 0 aliphatic heterocycles. The van der Waals surface area contributed by atoms with Crippen LogP contribution in [0.4, 0.5) is 8.78 Å². The minimum atomic E-state index is -1.45. The summed E-state index contributed by atoms with van der Waals surface area (Å²) in [6, 6.07) is 2.52. The van der Waals surface area contributed by atoms with Crippen molar-refractivity contribution in [3.8, 4) is 0 Å². The van der Waals surface area contributed by atoms with E-state index in [4.69, 9.17) is 5.11 Å². The number of hydrogen-bond acceptors (Lipinski definition) is 1. The normalized spacial score (nSPS) is 18.1. The number of benzene rings is 1. The van der Waals surface area contributed by atoms with Crippen LogP contribution in [0, 0.1) is 17.6 Å². The van der Waals surface area contributed by atoms with Crippen molar-refractivity contribution in [2.45, 2.75) is 51.9 Å². The van der Waals surface area contributed by atoms with Gasteiger partial charge in [0.15, 0.2) is 11.6 Å². The summed E-state index contributed by atoms with van der Waals surface area (Å²) < 4.78 is 27.8. The van der Waals surface area contributed by atoms with Gasteiger partial charge in [0.05, 0.1) is 5.56 Å². The van der Waals surface area contributed by atoms with E-state index in [0.29, 0.717) is 5.92 Å². The largest absolute Gasteiger partial charge is 0.478 e. The van der Waals surface area contributed by atoms with E-state index in [9.17, 15) is 13.6 Å². The van der Waals surface area contributed by atoms with Crippen LogP contribution in [-0.4, -0.2) is 11.1 Å². The van der Waals surface area contributed by atoms with Crippen LogP contribution in [0.3, 0.4) is 0 Å². The fourth-order valence-corrected chi connectivity index (χ4v) is 3.04. The summed E-state index contributed by atoms with van der Waals surface area (Å²) in [5.74, 6) is -3.13. The maximum Gasteiger partial charge on any atom is 0.338 e. The predicted molar refractivity (Wildman–Crippen MR) is 82.8 cm³/mol. The number of hydrogen-bond donors (Lipinski definition) is 1. The lowest BCUT2D eigenvalue weighted by Gasteiger charge is -2.22. The van der Waals surface area contributed by atoms with Crippen LogP contribution in [0.1, 0.15) is 67.8 Å². The summed E-state index contributed by atoms with van der Waals surface area (Å²) in [5, 5.41) is 8.81. The van der Waals surface area contributed by atoms with Crippen molar-refractivity contribution in [3.63, 3.8) is 0 Å². The highest BCUT2D eigenvalue weighted by atomic mass is 19.2. The van der Waals surface area contributed by atoms with Gasteiger partial charge < -0.3 is 5.11 Å². The van der Waals surface area contributed by atoms with Gasteiger partial charge in [0.1, 0.15) is 0 Å². The minimum Gasteiger partial charge on any atom is -0.478 e. The average Bonchev–Trinajstić information content (AvgIpc) is 2.51. The number of aromatic carboxylic acids is 1. The Hall–Kier alpha value is -1.71. The van der Waals surface area contributed by atoms with Crippen LogP contribution in [0.2, 0.25) is 0 Å². The maximum absolute atomic E-state index is 14.1. The van der Waals surface area contributed by atoms with Crippen molar-refractivity contribution in [3.05, 3.63) is 41.0 Å². The van der Waals surface area contributed by atoms with Crippen LogP contribution in [0.25, 0.3) is 5.57 Å². The molecule has 1 unspecified atom stereocenters. The molecule has 0 spiro atoms. The molecule has 1 aromatic rings. The number of carbonyl (C=O) groups is 1. The van der Waals surface area contributed by atoms with E-state index in [1.807, 2.05) is 6.08 Å². The second kappa shape index (κ2) is 7.52. The first kappa shape index (κ1) is 16.7. The second-order valence-electron chi connectivity index (χ2n) is 5.96. The highest BCUT2D eigenvalue weighted by molar-refractivity contribution is 5.88. The van der Waals surface area contributed by atoms with Crippen molar-refractivity contribution in [2.75, 3.05) is 0 Å². The van der Waals surface area contributed by atoms with E-state index in [1.165, 1.54) is 31.7 Å². The van der Waals surface area contributed by atoms with E-state index in [1.54, 1.807) is 0 Å². The van der Waals surface area contributed by atoms with Gasteiger partial charge in [-0.15, -0.1) is 0 Å². The Bertz CT molecular complexity index is 579. The molecule has 0 heterocycles. The van der Waals surface area contributed by atoms with E-state index >= 15 is 0 Å². The molecule has 2 nitrogen and oxygen atoms in total. The summed E-state index contributed by atoms with van der Waals surface area (Å²) in [7, 11) is 0. The van der Waals surface area contributed by atoms with Gasteiger partial charge in [-0.2, -0.15) is 0 Å². The van der Waals surface area contributed by atoms with Crippen LogP contribution in [0.5, 0.6) is 0 Å². The Morgan fingerprint density at radius 3 is 2.64 bits per heavy atom.